The standard InChI is InChI=1S/C29H38N4O5S/c1-4-20(2)25(32-27(34)16-24-17-30-19-31-24)18-38-33(26(29(36)37)13-14-39-3)28(35)12-10-21-9-11-22-7-5-6-8-23(22)15-21/h5-9,11,15,17,19-20,25-26H,4,10,12-14,16,18H2,1-3H3,(H,30,31)(H,32,34)(H,36,37)/t20-,25+,26-/m0/s1. The van der Waals surface area contributed by atoms with E-state index in [0.717, 1.165) is 27.8 Å². The minimum Gasteiger partial charge on any atom is -0.480 e. The number of aromatic amines is 1. The number of carbonyl (C=O) groups is 3. The molecule has 39 heavy (non-hydrogen) atoms. The van der Waals surface area contributed by atoms with Crippen LogP contribution in [0.5, 0.6) is 0 Å². The molecule has 0 aliphatic carbocycles. The van der Waals surface area contributed by atoms with Crippen LogP contribution in [0.2, 0.25) is 0 Å². The number of benzene rings is 2. The molecule has 3 atom stereocenters. The van der Waals surface area contributed by atoms with Gasteiger partial charge >= 0.3 is 5.97 Å². The van der Waals surface area contributed by atoms with E-state index in [1.54, 1.807) is 6.20 Å². The maximum atomic E-state index is 13.4. The van der Waals surface area contributed by atoms with Crippen molar-refractivity contribution in [3.8, 4) is 0 Å². The van der Waals surface area contributed by atoms with Gasteiger partial charge in [0.1, 0.15) is 0 Å². The van der Waals surface area contributed by atoms with E-state index in [-0.39, 0.29) is 37.7 Å². The molecule has 1 heterocycles. The number of hydrogen-bond acceptors (Lipinski definition) is 6. The molecule has 3 N–H and O–H groups in total. The van der Waals surface area contributed by atoms with Crippen molar-refractivity contribution < 1.29 is 24.3 Å². The van der Waals surface area contributed by atoms with E-state index in [2.05, 4.69) is 15.3 Å². The molecular weight excluding hydrogens is 516 g/mol. The number of H-pyrrole nitrogens is 1. The fourth-order valence-electron chi connectivity index (χ4n) is 4.27. The molecule has 1 aromatic heterocycles. The van der Waals surface area contributed by atoms with Crippen molar-refractivity contribution in [2.45, 2.75) is 58.0 Å². The second kappa shape index (κ2) is 15.3. The monoisotopic (exact) mass is 554 g/mol. The highest BCUT2D eigenvalue weighted by molar-refractivity contribution is 7.98. The van der Waals surface area contributed by atoms with Gasteiger partial charge in [0.15, 0.2) is 6.04 Å². The van der Waals surface area contributed by atoms with Crippen LogP contribution in [0.3, 0.4) is 0 Å². The van der Waals surface area contributed by atoms with Crippen LogP contribution in [0.15, 0.2) is 55.0 Å². The minimum atomic E-state index is -1.13. The molecule has 2 aromatic carbocycles. The van der Waals surface area contributed by atoms with Crippen LogP contribution in [0.1, 0.15) is 44.4 Å². The maximum absolute atomic E-state index is 13.4. The smallest absolute Gasteiger partial charge is 0.329 e. The number of imidazole rings is 1. The van der Waals surface area contributed by atoms with Crippen LogP contribution < -0.4 is 5.32 Å². The van der Waals surface area contributed by atoms with Gasteiger partial charge in [-0.05, 0) is 47.1 Å². The Morgan fingerprint density at radius 3 is 2.62 bits per heavy atom. The molecule has 3 aromatic rings. The highest BCUT2D eigenvalue weighted by atomic mass is 32.2. The lowest BCUT2D eigenvalue weighted by Gasteiger charge is -2.31. The number of rotatable bonds is 16. The number of fused-ring (bicyclic) bond motifs is 1. The molecule has 0 unspecified atom stereocenters. The summed E-state index contributed by atoms with van der Waals surface area (Å²) in [6, 6.07) is 12.5. The molecule has 210 valence electrons. The summed E-state index contributed by atoms with van der Waals surface area (Å²) >= 11 is 1.51. The number of nitrogens with one attached hydrogen (secondary N) is 2. The van der Waals surface area contributed by atoms with E-state index >= 15 is 0 Å². The third-order valence-corrected chi connectivity index (χ3v) is 7.47. The van der Waals surface area contributed by atoms with Crippen LogP contribution in [-0.2, 0) is 32.1 Å². The van der Waals surface area contributed by atoms with E-state index in [0.29, 0.717) is 17.9 Å². The minimum absolute atomic E-state index is 0.0194. The fraction of sp³-hybridized carbons (Fsp3) is 0.448. The molecular formula is C29H38N4O5S. The number of carboxylic acid groups (broad SMARTS) is 1. The number of aliphatic carboxylic acids is 1. The van der Waals surface area contributed by atoms with E-state index in [9.17, 15) is 19.5 Å². The van der Waals surface area contributed by atoms with Crippen molar-refractivity contribution in [2.24, 2.45) is 5.92 Å². The van der Waals surface area contributed by atoms with E-state index in [1.165, 1.54) is 18.1 Å². The number of carbonyl (C=O) groups excluding carboxylic acids is 2. The highest BCUT2D eigenvalue weighted by Crippen LogP contribution is 2.19. The van der Waals surface area contributed by atoms with Gasteiger partial charge in [0.2, 0.25) is 11.8 Å². The topological polar surface area (TPSA) is 125 Å². The third kappa shape index (κ3) is 9.11. The molecule has 3 rings (SSSR count). The second-order valence-electron chi connectivity index (χ2n) is 9.65. The van der Waals surface area contributed by atoms with Crippen LogP contribution in [0.25, 0.3) is 10.8 Å². The first-order chi connectivity index (χ1) is 18.8. The molecule has 0 bridgehead atoms. The Labute approximate surface area is 233 Å². The van der Waals surface area contributed by atoms with Crippen molar-refractivity contribution in [1.82, 2.24) is 20.3 Å². The van der Waals surface area contributed by atoms with Gasteiger partial charge in [-0.15, -0.1) is 0 Å². The van der Waals surface area contributed by atoms with Gasteiger partial charge in [0.25, 0.3) is 0 Å². The summed E-state index contributed by atoms with van der Waals surface area (Å²) in [6.45, 7) is 3.97. The summed E-state index contributed by atoms with van der Waals surface area (Å²) in [5.74, 6) is -1.13. The quantitative estimate of drug-likeness (QED) is 0.226. The second-order valence-corrected chi connectivity index (χ2v) is 10.6. The molecule has 0 aliphatic rings. The summed E-state index contributed by atoms with van der Waals surface area (Å²) in [4.78, 5) is 51.1. The summed E-state index contributed by atoms with van der Waals surface area (Å²) in [7, 11) is 0. The number of nitrogens with zero attached hydrogens (tertiary/aromatic N) is 2. The van der Waals surface area contributed by atoms with Gasteiger partial charge in [-0.2, -0.15) is 11.8 Å². The van der Waals surface area contributed by atoms with E-state index in [4.69, 9.17) is 4.84 Å². The molecule has 0 spiro atoms. The summed E-state index contributed by atoms with van der Waals surface area (Å²) in [5.41, 5.74) is 1.67. The van der Waals surface area contributed by atoms with Crippen LogP contribution in [0, 0.1) is 5.92 Å². The summed E-state index contributed by atoms with van der Waals surface area (Å²) in [6.07, 6.45) is 6.69. The lowest BCUT2D eigenvalue weighted by Crippen LogP contribution is -2.50. The number of carboxylic acids is 1. The lowest BCUT2D eigenvalue weighted by atomic mass is 9.99. The summed E-state index contributed by atoms with van der Waals surface area (Å²) < 4.78 is 0. The molecule has 0 radical (unpaired) electrons. The molecule has 0 saturated heterocycles. The predicted molar refractivity (Wildman–Crippen MR) is 153 cm³/mol. The number of aryl methyl sites for hydroxylation is 1. The van der Waals surface area contributed by atoms with Crippen LogP contribution in [-0.4, -0.2) is 68.6 Å². The highest BCUT2D eigenvalue weighted by Gasteiger charge is 2.32. The van der Waals surface area contributed by atoms with Crippen molar-refractivity contribution >= 4 is 40.3 Å². The number of amides is 2. The Balaban J connectivity index is 1.72. The van der Waals surface area contributed by atoms with Crippen molar-refractivity contribution in [3.05, 3.63) is 66.2 Å². The number of hydrogen-bond donors (Lipinski definition) is 3. The molecule has 0 fully saturated rings. The van der Waals surface area contributed by atoms with Gasteiger partial charge in [-0.1, -0.05) is 62.7 Å². The maximum Gasteiger partial charge on any atom is 0.329 e. The number of thioether (sulfide) groups is 1. The first kappa shape index (κ1) is 30.2. The average molecular weight is 555 g/mol. The Kier molecular flexibility index (Phi) is 11.8. The van der Waals surface area contributed by atoms with Gasteiger partial charge in [0, 0.05) is 18.3 Å². The molecule has 0 saturated carbocycles. The Morgan fingerprint density at radius 1 is 1.18 bits per heavy atom. The molecule has 0 aliphatic heterocycles. The average Bonchev–Trinajstić information content (AvgIpc) is 3.44. The first-order valence-electron chi connectivity index (χ1n) is 13.2. The fourth-order valence-corrected chi connectivity index (χ4v) is 4.73. The number of hydroxylamine groups is 2. The lowest BCUT2D eigenvalue weighted by molar-refractivity contribution is -0.210. The zero-order valence-corrected chi connectivity index (χ0v) is 23.6. The van der Waals surface area contributed by atoms with E-state index < -0.39 is 24.0 Å². The van der Waals surface area contributed by atoms with Crippen molar-refractivity contribution in [3.63, 3.8) is 0 Å². The predicted octanol–water partition coefficient (Wildman–Crippen LogP) is 4.24. The van der Waals surface area contributed by atoms with Gasteiger partial charge in [-0.25, -0.2) is 14.8 Å². The molecule has 9 nitrogen and oxygen atoms in total. The Morgan fingerprint density at radius 2 is 1.95 bits per heavy atom. The third-order valence-electron chi connectivity index (χ3n) is 6.83. The Bertz CT molecular complexity index is 1220. The molecule has 10 heteroatoms. The SMILES string of the molecule is CC[C@H](C)[C@@H](CON(C(=O)CCc1ccc2ccccc2c1)[C@@H](CCSC)C(=O)O)NC(=O)Cc1cnc[nH]1. The van der Waals surface area contributed by atoms with Gasteiger partial charge in [-0.3, -0.25) is 14.4 Å². The first-order valence-corrected chi connectivity index (χ1v) is 14.6. The van der Waals surface area contributed by atoms with Crippen LogP contribution >= 0.6 is 11.8 Å². The van der Waals surface area contributed by atoms with E-state index in [1.807, 2.05) is 62.6 Å². The van der Waals surface area contributed by atoms with Gasteiger partial charge < -0.3 is 15.4 Å². The zero-order chi connectivity index (χ0) is 28.2. The van der Waals surface area contributed by atoms with Crippen molar-refractivity contribution in [1.29, 1.82) is 0 Å². The largest absolute Gasteiger partial charge is 0.480 e. The van der Waals surface area contributed by atoms with Crippen LogP contribution in [0.4, 0.5) is 0 Å². The van der Waals surface area contributed by atoms with Crippen molar-refractivity contribution in [2.75, 3.05) is 18.6 Å². The number of aromatic nitrogens is 2. The Hall–Kier alpha value is -3.37. The molecule has 2 amide bonds. The summed E-state index contributed by atoms with van der Waals surface area (Å²) in [5, 5.41) is 16.2. The normalized spacial score (nSPS) is 13.5. The van der Waals surface area contributed by atoms with Gasteiger partial charge in [0.05, 0.1) is 25.4 Å². The zero-order valence-electron chi connectivity index (χ0n) is 22.8.